The standard InChI is InChI=1S/C58H43BN2/c1-57(2,3)34-25-27-46-41(28-34)43-29-35(58(4,5)6)30-44-55(43)60(46)48-20-13-21-49-54(48)59(44)45-31-42-39-18-10-9-16-37(39)38-17-11-12-19-40(38)51(42)53-52-47(61(49)56(45)53)26-24-33-23-22-32-14-7-8-15-36(32)50(33)52/h7-31H,1-6H3. The summed E-state index contributed by atoms with van der Waals surface area (Å²) in [7, 11) is 0. The third-order valence-electron chi connectivity index (χ3n) is 14.7. The molecule has 14 rings (SSSR count). The number of hydrogen-bond donors (Lipinski definition) is 0. The molecule has 0 bridgehead atoms. The van der Waals surface area contributed by atoms with E-state index in [9.17, 15) is 0 Å². The molecule has 0 fully saturated rings. The van der Waals surface area contributed by atoms with Crippen molar-refractivity contribution in [2.75, 3.05) is 0 Å². The van der Waals surface area contributed by atoms with Gasteiger partial charge in [0, 0.05) is 43.8 Å². The number of fused-ring (bicyclic) bond motifs is 21. The van der Waals surface area contributed by atoms with Crippen LogP contribution in [0, 0.1) is 0 Å². The Labute approximate surface area is 354 Å². The maximum absolute atomic E-state index is 2.67. The molecule has 0 saturated carbocycles. The van der Waals surface area contributed by atoms with E-state index in [0.717, 1.165) is 0 Å². The zero-order valence-electron chi connectivity index (χ0n) is 35.4. The Kier molecular flexibility index (Phi) is 6.18. The van der Waals surface area contributed by atoms with Crippen molar-refractivity contribution in [1.29, 1.82) is 0 Å². The summed E-state index contributed by atoms with van der Waals surface area (Å²) in [4.78, 5) is 0. The average molecular weight is 779 g/mol. The first-order valence-corrected chi connectivity index (χ1v) is 22.0. The van der Waals surface area contributed by atoms with Crippen LogP contribution in [0.1, 0.15) is 52.7 Å². The fourth-order valence-corrected chi connectivity index (χ4v) is 11.9. The normalized spacial score (nSPS) is 13.7. The van der Waals surface area contributed by atoms with Crippen LogP contribution in [0.4, 0.5) is 0 Å². The Hall–Kier alpha value is -6.84. The number of hydrogen-bond acceptors (Lipinski definition) is 0. The molecular formula is C58H43BN2. The minimum Gasteiger partial charge on any atom is -0.310 e. The van der Waals surface area contributed by atoms with Crippen LogP contribution in [0.25, 0.3) is 109 Å². The zero-order valence-corrected chi connectivity index (χ0v) is 35.4. The van der Waals surface area contributed by atoms with E-state index >= 15 is 0 Å². The summed E-state index contributed by atoms with van der Waals surface area (Å²) < 4.78 is 5.29. The van der Waals surface area contributed by atoms with Crippen molar-refractivity contribution in [1.82, 2.24) is 9.13 Å². The molecule has 61 heavy (non-hydrogen) atoms. The van der Waals surface area contributed by atoms with Crippen LogP contribution in [0.15, 0.2) is 152 Å². The van der Waals surface area contributed by atoms with E-state index in [1.807, 2.05) is 0 Å². The average Bonchev–Trinajstić information content (AvgIpc) is 3.79. The lowest BCUT2D eigenvalue weighted by Crippen LogP contribution is -2.59. The van der Waals surface area contributed by atoms with E-state index in [0.29, 0.717) is 0 Å². The van der Waals surface area contributed by atoms with Gasteiger partial charge in [-0.1, -0.05) is 157 Å². The van der Waals surface area contributed by atoms with E-state index in [2.05, 4.69) is 202 Å². The molecule has 4 heterocycles. The largest absolute Gasteiger partial charge is 0.310 e. The summed E-state index contributed by atoms with van der Waals surface area (Å²) in [5.74, 6) is 0. The first-order valence-electron chi connectivity index (χ1n) is 22.0. The van der Waals surface area contributed by atoms with E-state index in [-0.39, 0.29) is 17.5 Å². The van der Waals surface area contributed by atoms with Crippen molar-refractivity contribution in [3.63, 3.8) is 0 Å². The number of aromatic nitrogens is 2. The highest BCUT2D eigenvalue weighted by atomic mass is 15.0. The molecule has 0 saturated heterocycles. The van der Waals surface area contributed by atoms with Gasteiger partial charge in [0.25, 0.3) is 6.71 Å². The van der Waals surface area contributed by atoms with Crippen molar-refractivity contribution in [2.45, 2.75) is 52.4 Å². The molecule has 2 aliphatic rings. The Morgan fingerprint density at radius 3 is 1.67 bits per heavy atom. The van der Waals surface area contributed by atoms with Gasteiger partial charge in [-0.3, -0.25) is 0 Å². The predicted octanol–water partition coefficient (Wildman–Crippen LogP) is 13.4. The molecule has 0 amide bonds. The molecule has 2 nitrogen and oxygen atoms in total. The molecule has 10 aromatic carbocycles. The number of nitrogens with zero attached hydrogens (tertiary/aromatic N) is 2. The third kappa shape index (κ3) is 4.15. The second-order valence-corrected chi connectivity index (χ2v) is 20.1. The fourth-order valence-electron chi connectivity index (χ4n) is 11.9. The van der Waals surface area contributed by atoms with Gasteiger partial charge in [0.1, 0.15) is 0 Å². The molecule has 0 aliphatic carbocycles. The van der Waals surface area contributed by atoms with Gasteiger partial charge in [-0.15, -0.1) is 0 Å². The van der Waals surface area contributed by atoms with Gasteiger partial charge in [-0.2, -0.15) is 0 Å². The Morgan fingerprint density at radius 1 is 0.361 bits per heavy atom. The van der Waals surface area contributed by atoms with Gasteiger partial charge in [0.05, 0.1) is 16.6 Å². The van der Waals surface area contributed by atoms with E-state index in [4.69, 9.17) is 0 Å². The highest BCUT2D eigenvalue weighted by Crippen LogP contribution is 2.48. The first-order chi connectivity index (χ1) is 29.6. The number of rotatable bonds is 0. The lowest BCUT2D eigenvalue weighted by molar-refractivity contribution is 0.590. The summed E-state index contributed by atoms with van der Waals surface area (Å²) in [5, 5.41) is 18.5. The van der Waals surface area contributed by atoms with E-state index in [1.165, 1.54) is 136 Å². The Balaban J connectivity index is 1.28. The SMILES string of the molecule is CC(C)(C)c1ccc2c(c1)c1cc(C(C)(C)C)cc3c1n2-c1cccc2c1B3c1cc3c4ccccc4c4ccccc4c3c3c4c5c(ccc6ccccc65)ccc4n-2c13. The van der Waals surface area contributed by atoms with Crippen LogP contribution < -0.4 is 16.4 Å². The van der Waals surface area contributed by atoms with Crippen molar-refractivity contribution < 1.29 is 0 Å². The second kappa shape index (κ2) is 11.1. The van der Waals surface area contributed by atoms with Gasteiger partial charge >= 0.3 is 0 Å². The van der Waals surface area contributed by atoms with Gasteiger partial charge < -0.3 is 9.13 Å². The van der Waals surface area contributed by atoms with Crippen LogP contribution in [0.2, 0.25) is 0 Å². The van der Waals surface area contributed by atoms with Crippen molar-refractivity contribution in [3.05, 3.63) is 163 Å². The minimum absolute atomic E-state index is 0.0341. The molecule has 0 atom stereocenters. The van der Waals surface area contributed by atoms with E-state index < -0.39 is 0 Å². The molecule has 0 N–H and O–H groups in total. The lowest BCUT2D eigenvalue weighted by atomic mass is 9.34. The van der Waals surface area contributed by atoms with Gasteiger partial charge in [0.15, 0.2) is 0 Å². The first kappa shape index (κ1) is 33.9. The smallest absolute Gasteiger partial charge is 0.252 e. The summed E-state index contributed by atoms with van der Waals surface area (Å²) in [6.07, 6.45) is 0. The van der Waals surface area contributed by atoms with Crippen molar-refractivity contribution in [2.24, 2.45) is 0 Å². The van der Waals surface area contributed by atoms with Gasteiger partial charge in [-0.25, -0.2) is 0 Å². The molecule has 0 radical (unpaired) electrons. The summed E-state index contributed by atoms with van der Waals surface area (Å²) >= 11 is 0. The zero-order chi connectivity index (χ0) is 40.8. The predicted molar refractivity (Wildman–Crippen MR) is 265 cm³/mol. The number of benzene rings is 10. The van der Waals surface area contributed by atoms with Crippen molar-refractivity contribution >= 4 is 121 Å². The lowest BCUT2D eigenvalue weighted by Gasteiger charge is -2.34. The monoisotopic (exact) mass is 778 g/mol. The second-order valence-electron chi connectivity index (χ2n) is 20.1. The summed E-state index contributed by atoms with van der Waals surface area (Å²) in [5.41, 5.74) is 14.8. The molecule has 2 aliphatic heterocycles. The van der Waals surface area contributed by atoms with Crippen LogP contribution in [-0.4, -0.2) is 15.8 Å². The van der Waals surface area contributed by atoms with Gasteiger partial charge in [0.2, 0.25) is 0 Å². The highest BCUT2D eigenvalue weighted by Gasteiger charge is 2.42. The molecule has 288 valence electrons. The van der Waals surface area contributed by atoms with E-state index in [1.54, 1.807) is 0 Å². The van der Waals surface area contributed by atoms with Crippen LogP contribution in [0.5, 0.6) is 0 Å². The Bertz CT molecular complexity index is 4010. The maximum Gasteiger partial charge on any atom is 0.252 e. The van der Waals surface area contributed by atoms with Crippen LogP contribution in [-0.2, 0) is 10.8 Å². The highest BCUT2D eigenvalue weighted by molar-refractivity contribution is 7.00. The third-order valence-corrected chi connectivity index (χ3v) is 14.7. The fraction of sp³-hybridized carbons (Fsp3) is 0.138. The van der Waals surface area contributed by atoms with Gasteiger partial charge in [-0.05, 0) is 123 Å². The summed E-state index contributed by atoms with van der Waals surface area (Å²) in [6.45, 7) is 14.2. The molecule has 0 spiro atoms. The molecule has 0 unspecified atom stereocenters. The quantitative estimate of drug-likeness (QED) is 0.107. The van der Waals surface area contributed by atoms with Crippen molar-refractivity contribution in [3.8, 4) is 11.4 Å². The topological polar surface area (TPSA) is 9.86 Å². The van der Waals surface area contributed by atoms with Crippen LogP contribution >= 0.6 is 0 Å². The summed E-state index contributed by atoms with van der Waals surface area (Å²) in [6, 6.07) is 58.8. The van der Waals surface area contributed by atoms with Crippen LogP contribution in [0.3, 0.4) is 0 Å². The Morgan fingerprint density at radius 2 is 0.934 bits per heavy atom. The maximum atomic E-state index is 2.67. The minimum atomic E-state index is -0.0437. The molecule has 2 aromatic heterocycles. The molecular weight excluding hydrogens is 735 g/mol. The molecule has 12 aromatic rings. The molecule has 3 heteroatoms.